The van der Waals surface area contributed by atoms with E-state index in [4.69, 9.17) is 5.73 Å². The molecule has 0 bridgehead atoms. The van der Waals surface area contributed by atoms with Gasteiger partial charge in [0.05, 0.1) is 11.4 Å². The molecular formula is C20H19F4N5O2S. The second-order valence-electron chi connectivity index (χ2n) is 7.73. The lowest BCUT2D eigenvalue weighted by atomic mass is 9.74. The molecule has 32 heavy (non-hydrogen) atoms. The van der Waals surface area contributed by atoms with Gasteiger partial charge in [0.1, 0.15) is 33.9 Å². The predicted octanol–water partition coefficient (Wildman–Crippen LogP) is 2.92. The number of nitrogens with zero attached hydrogens (tertiary/aromatic N) is 3. The third-order valence-electron chi connectivity index (χ3n) is 5.69. The molecule has 1 fully saturated rings. The van der Waals surface area contributed by atoms with Crippen LogP contribution in [0.15, 0.2) is 41.5 Å². The number of alkyl halides is 2. The van der Waals surface area contributed by atoms with E-state index in [0.717, 1.165) is 22.6 Å². The van der Waals surface area contributed by atoms with Crippen LogP contribution in [0.5, 0.6) is 0 Å². The molecule has 2 heterocycles. The number of halogens is 4. The Morgan fingerprint density at radius 3 is 2.69 bits per heavy atom. The molecule has 170 valence electrons. The standard InChI is InChI=1S/C20H19F4N5O2S/c1-29-18(25)28-20(7-6-19(23,24)9-16(20)32(29)31)13-8-12(3-4-14(13)22)27-17(30)15-5-2-11(21)10-26-15/h2-5,8,10,16H,6-7,9H2,1H3,(H2,25,28)(H,27,30). The van der Waals surface area contributed by atoms with Crippen molar-refractivity contribution in [2.24, 2.45) is 10.7 Å². The van der Waals surface area contributed by atoms with Crippen LogP contribution < -0.4 is 11.1 Å². The largest absolute Gasteiger partial charge is 0.369 e. The van der Waals surface area contributed by atoms with E-state index in [1.54, 1.807) is 0 Å². The molecule has 1 amide bonds. The average molecular weight is 469 g/mol. The third kappa shape index (κ3) is 3.83. The van der Waals surface area contributed by atoms with Crippen LogP contribution in [0.25, 0.3) is 0 Å². The molecule has 7 nitrogen and oxygen atoms in total. The number of benzene rings is 1. The van der Waals surface area contributed by atoms with Crippen molar-refractivity contribution >= 4 is 28.5 Å². The number of rotatable bonds is 3. The lowest BCUT2D eigenvalue weighted by Gasteiger charge is -2.47. The van der Waals surface area contributed by atoms with Gasteiger partial charge in [0.25, 0.3) is 5.91 Å². The molecule has 2 aromatic rings. The fraction of sp³-hybridized carbons (Fsp3) is 0.350. The van der Waals surface area contributed by atoms with Gasteiger partial charge in [-0.2, -0.15) is 0 Å². The van der Waals surface area contributed by atoms with E-state index in [0.29, 0.717) is 0 Å². The monoisotopic (exact) mass is 469 g/mol. The minimum atomic E-state index is -3.08. The predicted molar refractivity (Wildman–Crippen MR) is 110 cm³/mol. The second kappa shape index (κ2) is 7.84. The lowest BCUT2D eigenvalue weighted by Crippen LogP contribution is -2.58. The van der Waals surface area contributed by atoms with Gasteiger partial charge < -0.3 is 11.1 Å². The summed E-state index contributed by atoms with van der Waals surface area (Å²) in [7, 11) is -0.608. The quantitative estimate of drug-likeness (QED) is 0.675. The summed E-state index contributed by atoms with van der Waals surface area (Å²) in [5, 5.41) is 1.30. The number of guanidine groups is 1. The molecule has 0 radical (unpaired) electrons. The van der Waals surface area contributed by atoms with Crippen molar-refractivity contribution in [2.75, 3.05) is 12.4 Å². The molecule has 3 N–H and O–H groups in total. The van der Waals surface area contributed by atoms with Crippen molar-refractivity contribution in [3.8, 4) is 0 Å². The number of nitrogens with two attached hydrogens (primary N) is 1. The molecule has 2 aliphatic rings. The number of fused-ring (bicyclic) bond motifs is 1. The van der Waals surface area contributed by atoms with E-state index < -0.39 is 58.1 Å². The van der Waals surface area contributed by atoms with Crippen LogP contribution in [0.1, 0.15) is 35.3 Å². The Morgan fingerprint density at radius 2 is 2.00 bits per heavy atom. The number of hydrogen-bond acceptors (Lipinski definition) is 5. The Morgan fingerprint density at radius 1 is 1.25 bits per heavy atom. The molecule has 1 aromatic heterocycles. The smallest absolute Gasteiger partial charge is 0.274 e. The summed E-state index contributed by atoms with van der Waals surface area (Å²) in [5.74, 6) is -5.29. The zero-order valence-corrected chi connectivity index (χ0v) is 17.6. The van der Waals surface area contributed by atoms with Crippen molar-refractivity contribution < 1.29 is 26.6 Å². The topological polar surface area (TPSA) is 101 Å². The maximum Gasteiger partial charge on any atom is 0.274 e. The van der Waals surface area contributed by atoms with Gasteiger partial charge in [0.2, 0.25) is 11.9 Å². The van der Waals surface area contributed by atoms with Gasteiger partial charge in [-0.25, -0.2) is 31.7 Å². The van der Waals surface area contributed by atoms with Crippen LogP contribution in [0.2, 0.25) is 0 Å². The maximum atomic E-state index is 15.0. The zero-order valence-electron chi connectivity index (χ0n) is 16.8. The molecule has 3 unspecified atom stereocenters. The molecule has 1 aliphatic carbocycles. The van der Waals surface area contributed by atoms with Crippen molar-refractivity contribution in [1.82, 2.24) is 9.29 Å². The third-order valence-corrected chi connectivity index (χ3v) is 7.46. The average Bonchev–Trinajstić information content (AvgIpc) is 2.74. The summed E-state index contributed by atoms with van der Waals surface area (Å²) in [4.78, 5) is 20.4. The first-order chi connectivity index (χ1) is 15.0. The van der Waals surface area contributed by atoms with Crippen LogP contribution in [-0.2, 0) is 16.5 Å². The number of nitrogens with one attached hydrogen (secondary N) is 1. The van der Waals surface area contributed by atoms with E-state index in [1.807, 2.05) is 0 Å². The number of anilines is 1. The van der Waals surface area contributed by atoms with Crippen LogP contribution in [-0.4, -0.2) is 43.6 Å². The first-order valence-electron chi connectivity index (χ1n) is 9.63. The van der Waals surface area contributed by atoms with Crippen LogP contribution in [0.4, 0.5) is 23.2 Å². The Kier molecular flexibility index (Phi) is 5.43. The highest BCUT2D eigenvalue weighted by Gasteiger charge is 2.57. The number of pyridine rings is 1. The molecule has 1 aliphatic heterocycles. The first kappa shape index (κ1) is 22.2. The summed E-state index contributed by atoms with van der Waals surface area (Å²) in [6.07, 6.45) is -0.742. The molecule has 0 spiro atoms. The van der Waals surface area contributed by atoms with E-state index in [1.165, 1.54) is 25.2 Å². The Hall–Kier alpha value is -3.02. The van der Waals surface area contributed by atoms with E-state index in [9.17, 15) is 26.6 Å². The van der Waals surface area contributed by atoms with Crippen LogP contribution in [0, 0.1) is 11.6 Å². The van der Waals surface area contributed by atoms with Crippen molar-refractivity contribution in [3.05, 3.63) is 59.4 Å². The highest BCUT2D eigenvalue weighted by molar-refractivity contribution is 7.84. The van der Waals surface area contributed by atoms with Gasteiger partial charge in [-0.15, -0.1) is 0 Å². The number of aliphatic imine (C=N–C) groups is 1. The minimum absolute atomic E-state index is 0.0757. The van der Waals surface area contributed by atoms with Gasteiger partial charge in [0, 0.05) is 31.1 Å². The molecule has 0 saturated heterocycles. The summed E-state index contributed by atoms with van der Waals surface area (Å²) in [6.45, 7) is 0. The summed E-state index contributed by atoms with van der Waals surface area (Å²) in [6, 6.07) is 5.86. The van der Waals surface area contributed by atoms with Crippen molar-refractivity contribution in [2.45, 2.75) is 36.0 Å². The van der Waals surface area contributed by atoms with Gasteiger partial charge in [0.15, 0.2) is 0 Å². The number of amides is 1. The highest BCUT2D eigenvalue weighted by atomic mass is 32.2. The number of carbonyl (C=O) groups is 1. The first-order valence-corrected chi connectivity index (χ1v) is 10.8. The molecule has 3 atom stereocenters. The SMILES string of the molecule is CN1C(N)=NC2(c3cc(NC(=O)c4ccc(F)cn4)ccc3F)CCC(F)(F)CC2S1=O. The van der Waals surface area contributed by atoms with Gasteiger partial charge in [-0.05, 0) is 36.8 Å². The van der Waals surface area contributed by atoms with Gasteiger partial charge >= 0.3 is 0 Å². The molecule has 12 heteroatoms. The van der Waals surface area contributed by atoms with Gasteiger partial charge in [-0.1, -0.05) is 0 Å². The molecular weight excluding hydrogens is 450 g/mol. The Labute approximate surface area is 183 Å². The molecule has 4 rings (SSSR count). The van der Waals surface area contributed by atoms with Crippen LogP contribution >= 0.6 is 0 Å². The van der Waals surface area contributed by atoms with Crippen LogP contribution in [0.3, 0.4) is 0 Å². The molecule has 1 saturated carbocycles. The fourth-order valence-corrected chi connectivity index (χ4v) is 5.63. The second-order valence-corrected chi connectivity index (χ2v) is 9.40. The maximum absolute atomic E-state index is 15.0. The summed E-state index contributed by atoms with van der Waals surface area (Å²) >= 11 is 0. The number of hydrogen-bond donors (Lipinski definition) is 2. The lowest BCUT2D eigenvalue weighted by molar-refractivity contribution is -0.0499. The normalized spacial score (nSPS) is 26.8. The number of aromatic nitrogens is 1. The molecule has 1 aromatic carbocycles. The Balaban J connectivity index is 1.75. The highest BCUT2D eigenvalue weighted by Crippen LogP contribution is 2.51. The van der Waals surface area contributed by atoms with Crippen molar-refractivity contribution in [3.63, 3.8) is 0 Å². The van der Waals surface area contributed by atoms with E-state index in [2.05, 4.69) is 15.3 Å². The summed E-state index contributed by atoms with van der Waals surface area (Å²) < 4.78 is 70.5. The summed E-state index contributed by atoms with van der Waals surface area (Å²) in [5.41, 5.74) is 4.28. The van der Waals surface area contributed by atoms with E-state index in [-0.39, 0.29) is 29.3 Å². The Bertz CT molecular complexity index is 1130. The number of carbonyl (C=O) groups excluding carboxylic acids is 1. The minimum Gasteiger partial charge on any atom is -0.369 e. The fourth-order valence-electron chi connectivity index (χ4n) is 4.01. The van der Waals surface area contributed by atoms with Gasteiger partial charge in [-0.3, -0.25) is 9.10 Å². The zero-order chi connectivity index (χ0) is 23.3. The van der Waals surface area contributed by atoms with E-state index >= 15 is 0 Å². The van der Waals surface area contributed by atoms with Crippen molar-refractivity contribution in [1.29, 1.82) is 0 Å².